The number of thiazole rings is 1. The van der Waals surface area contributed by atoms with E-state index in [1.54, 1.807) is 23.7 Å². The van der Waals surface area contributed by atoms with Gasteiger partial charge in [-0.1, -0.05) is 0 Å². The second kappa shape index (κ2) is 10.0. The third-order valence-corrected chi connectivity index (χ3v) is 8.04. The smallest absolute Gasteiger partial charge is 0.225 e. The molecule has 3 atom stereocenters. The third-order valence-electron chi connectivity index (χ3n) is 7.02. The van der Waals surface area contributed by atoms with Crippen LogP contribution in [0.25, 0.3) is 0 Å². The molecule has 2 N–H and O–H groups in total. The molecule has 0 unspecified atom stereocenters. The van der Waals surface area contributed by atoms with Crippen molar-refractivity contribution in [2.45, 2.75) is 44.8 Å². The maximum absolute atomic E-state index is 14.3. The molecule has 3 aromatic rings. The number of rotatable bonds is 6. The minimum absolute atomic E-state index is 0.0465. The molecule has 0 saturated carbocycles. The summed E-state index contributed by atoms with van der Waals surface area (Å²) in [6.45, 7) is 6.96. The van der Waals surface area contributed by atoms with E-state index in [9.17, 15) is 8.78 Å². The van der Waals surface area contributed by atoms with Gasteiger partial charge in [0.25, 0.3) is 0 Å². The van der Waals surface area contributed by atoms with E-state index in [4.69, 9.17) is 10.5 Å². The van der Waals surface area contributed by atoms with E-state index in [2.05, 4.69) is 32.2 Å². The van der Waals surface area contributed by atoms with Gasteiger partial charge < -0.3 is 20.3 Å². The maximum atomic E-state index is 14.3. The summed E-state index contributed by atoms with van der Waals surface area (Å²) in [5, 5.41) is 3.19. The standard InChI is InChI=1S/C25H30F2N6OS/c1-15-14-35-25(31-15)32-7-5-17(6-8-32)16(2)34-19-10-29-24(30-11-19)33-12-21(23(28)13-33)20-9-18(26)3-4-22(20)27/h3-4,9-11,14,16-17,21,23H,5-8,12-13,28H2,1-2H3/t16-,21+,23-/m0/s1. The van der Waals surface area contributed by atoms with Crippen LogP contribution in [-0.2, 0) is 0 Å². The highest BCUT2D eigenvalue weighted by atomic mass is 32.1. The third kappa shape index (κ3) is 5.23. The maximum Gasteiger partial charge on any atom is 0.225 e. The van der Waals surface area contributed by atoms with Crippen molar-refractivity contribution >= 4 is 22.4 Å². The lowest BCUT2D eigenvalue weighted by molar-refractivity contribution is 0.132. The zero-order valence-electron chi connectivity index (χ0n) is 19.9. The summed E-state index contributed by atoms with van der Waals surface area (Å²) in [7, 11) is 0. The number of aromatic nitrogens is 3. The van der Waals surface area contributed by atoms with Gasteiger partial charge in [-0.3, -0.25) is 0 Å². The van der Waals surface area contributed by atoms with Gasteiger partial charge in [-0.15, -0.1) is 11.3 Å². The zero-order valence-corrected chi connectivity index (χ0v) is 20.7. The molecule has 0 bridgehead atoms. The first-order chi connectivity index (χ1) is 16.9. The van der Waals surface area contributed by atoms with Crippen LogP contribution < -0.4 is 20.3 Å². The van der Waals surface area contributed by atoms with E-state index in [0.29, 0.717) is 36.3 Å². The lowest BCUT2D eigenvalue weighted by atomic mass is 9.92. The summed E-state index contributed by atoms with van der Waals surface area (Å²) < 4.78 is 34.1. The van der Waals surface area contributed by atoms with Crippen molar-refractivity contribution in [2.75, 3.05) is 36.0 Å². The Morgan fingerprint density at radius 3 is 2.54 bits per heavy atom. The van der Waals surface area contributed by atoms with E-state index in [1.165, 1.54) is 6.07 Å². The van der Waals surface area contributed by atoms with Gasteiger partial charge in [0, 0.05) is 43.5 Å². The molecule has 186 valence electrons. The van der Waals surface area contributed by atoms with Crippen molar-refractivity contribution in [1.29, 1.82) is 0 Å². The highest BCUT2D eigenvalue weighted by Gasteiger charge is 2.34. The summed E-state index contributed by atoms with van der Waals surface area (Å²) in [5.74, 6) is 0.333. The van der Waals surface area contributed by atoms with Gasteiger partial charge in [-0.2, -0.15) is 0 Å². The van der Waals surface area contributed by atoms with Crippen molar-refractivity contribution in [1.82, 2.24) is 15.0 Å². The molecule has 0 radical (unpaired) electrons. The summed E-state index contributed by atoms with van der Waals surface area (Å²) in [4.78, 5) is 17.8. The van der Waals surface area contributed by atoms with E-state index >= 15 is 0 Å². The molecule has 2 saturated heterocycles. The van der Waals surface area contributed by atoms with Crippen LogP contribution in [0.3, 0.4) is 0 Å². The number of nitrogens with zero attached hydrogens (tertiary/aromatic N) is 5. The molecule has 5 rings (SSSR count). The molecule has 2 aliphatic rings. The number of hydrogen-bond acceptors (Lipinski definition) is 8. The summed E-state index contributed by atoms with van der Waals surface area (Å²) in [6.07, 6.45) is 5.48. The number of aryl methyl sites for hydroxylation is 1. The van der Waals surface area contributed by atoms with Crippen LogP contribution in [0.2, 0.25) is 0 Å². The van der Waals surface area contributed by atoms with Crippen molar-refractivity contribution in [3.8, 4) is 5.75 Å². The van der Waals surface area contributed by atoms with Crippen LogP contribution in [0.4, 0.5) is 19.9 Å². The van der Waals surface area contributed by atoms with E-state index in [0.717, 1.165) is 48.9 Å². The summed E-state index contributed by atoms with van der Waals surface area (Å²) >= 11 is 1.70. The van der Waals surface area contributed by atoms with Crippen LogP contribution >= 0.6 is 11.3 Å². The number of nitrogens with two attached hydrogens (primary N) is 1. The average molecular weight is 501 g/mol. The molecule has 0 spiro atoms. The molecular formula is C25H30F2N6OS. The fourth-order valence-electron chi connectivity index (χ4n) is 5.01. The van der Waals surface area contributed by atoms with Crippen molar-refractivity contribution in [3.05, 3.63) is 58.9 Å². The predicted octanol–water partition coefficient (Wildman–Crippen LogP) is 4.13. The van der Waals surface area contributed by atoms with E-state index < -0.39 is 11.6 Å². The largest absolute Gasteiger partial charge is 0.487 e. The molecule has 1 aromatic carbocycles. The quantitative estimate of drug-likeness (QED) is 0.545. The number of anilines is 2. The Balaban J connectivity index is 1.16. The first-order valence-electron chi connectivity index (χ1n) is 12.0. The van der Waals surface area contributed by atoms with Gasteiger partial charge in [0.05, 0.1) is 24.2 Å². The Labute approximate surface area is 208 Å². The number of halogens is 2. The zero-order chi connectivity index (χ0) is 24.5. The molecule has 0 amide bonds. The van der Waals surface area contributed by atoms with Crippen molar-refractivity contribution < 1.29 is 13.5 Å². The van der Waals surface area contributed by atoms with Crippen LogP contribution in [0.5, 0.6) is 5.75 Å². The number of hydrogen-bond donors (Lipinski definition) is 1. The second-order valence-electron chi connectivity index (χ2n) is 9.48. The fraction of sp³-hybridized carbons (Fsp3) is 0.480. The van der Waals surface area contributed by atoms with Crippen LogP contribution in [0, 0.1) is 24.5 Å². The lowest BCUT2D eigenvalue weighted by Crippen LogP contribution is -2.38. The minimum atomic E-state index is -0.470. The molecule has 4 heterocycles. The molecule has 7 nitrogen and oxygen atoms in total. The number of benzene rings is 1. The first kappa shape index (κ1) is 23.9. The normalized spacial score (nSPS) is 22.0. The van der Waals surface area contributed by atoms with Gasteiger partial charge in [-0.05, 0) is 56.4 Å². The lowest BCUT2D eigenvalue weighted by Gasteiger charge is -2.34. The van der Waals surface area contributed by atoms with Crippen molar-refractivity contribution in [2.24, 2.45) is 11.7 Å². The number of ether oxygens (including phenoxy) is 1. The Kier molecular flexibility index (Phi) is 6.84. The first-order valence-corrected chi connectivity index (χ1v) is 12.9. The van der Waals surface area contributed by atoms with E-state index in [1.807, 2.05) is 11.8 Å². The Morgan fingerprint density at radius 2 is 1.86 bits per heavy atom. The fourth-order valence-corrected chi connectivity index (χ4v) is 5.87. The van der Waals surface area contributed by atoms with Crippen LogP contribution in [-0.4, -0.2) is 53.3 Å². The van der Waals surface area contributed by atoms with E-state index in [-0.39, 0.29) is 18.1 Å². The SMILES string of the molecule is Cc1csc(N2CCC([C@H](C)Oc3cnc(N4C[C@H](c5cc(F)ccc5F)[C@@H](N)C4)nc3)CC2)n1. The number of piperidine rings is 1. The summed E-state index contributed by atoms with van der Waals surface area (Å²) in [6, 6.07) is 3.15. The van der Waals surface area contributed by atoms with Gasteiger partial charge >= 0.3 is 0 Å². The van der Waals surface area contributed by atoms with Gasteiger partial charge in [0.15, 0.2) is 10.9 Å². The highest BCUT2D eigenvalue weighted by molar-refractivity contribution is 7.13. The predicted molar refractivity (Wildman–Crippen MR) is 133 cm³/mol. The van der Waals surface area contributed by atoms with Crippen LogP contribution in [0.15, 0.2) is 36.0 Å². The highest BCUT2D eigenvalue weighted by Crippen LogP contribution is 2.32. The summed E-state index contributed by atoms with van der Waals surface area (Å²) in [5.41, 5.74) is 7.63. The minimum Gasteiger partial charge on any atom is -0.487 e. The van der Waals surface area contributed by atoms with Gasteiger partial charge in [0.1, 0.15) is 11.6 Å². The molecule has 2 fully saturated rings. The molecule has 2 aliphatic heterocycles. The van der Waals surface area contributed by atoms with Gasteiger partial charge in [0.2, 0.25) is 5.95 Å². The van der Waals surface area contributed by atoms with Crippen LogP contribution in [0.1, 0.15) is 36.9 Å². The molecule has 10 heteroatoms. The molecule has 2 aromatic heterocycles. The molecule has 35 heavy (non-hydrogen) atoms. The average Bonchev–Trinajstić information content (AvgIpc) is 3.47. The van der Waals surface area contributed by atoms with Crippen molar-refractivity contribution in [3.63, 3.8) is 0 Å². The molecular weight excluding hydrogens is 470 g/mol. The second-order valence-corrected chi connectivity index (χ2v) is 10.3. The topological polar surface area (TPSA) is 80.4 Å². The van der Waals surface area contributed by atoms with Gasteiger partial charge in [-0.25, -0.2) is 23.7 Å². The molecule has 0 aliphatic carbocycles. The Morgan fingerprint density at radius 1 is 1.11 bits per heavy atom. The Bertz CT molecular complexity index is 1150. The Hall–Kier alpha value is -2.85. The monoisotopic (exact) mass is 500 g/mol.